The van der Waals surface area contributed by atoms with Crippen molar-refractivity contribution >= 4 is 11.3 Å². The minimum absolute atomic E-state index is 0.391. The van der Waals surface area contributed by atoms with Crippen LogP contribution >= 0.6 is 11.3 Å². The predicted molar refractivity (Wildman–Crippen MR) is 70.5 cm³/mol. The van der Waals surface area contributed by atoms with Crippen LogP contribution in [0.3, 0.4) is 0 Å². The smallest absolute Gasteiger partial charge is 0.191 e. The maximum atomic E-state index is 5.59. The number of benzene rings is 1. The number of aromatic amines is 1. The largest absolute Gasteiger partial charge is 0.486 e. The number of aromatic nitrogens is 3. The van der Waals surface area contributed by atoms with E-state index in [1.165, 1.54) is 0 Å². The summed E-state index contributed by atoms with van der Waals surface area (Å²) >= 11 is 1.62. The molecule has 0 saturated carbocycles. The molecular weight excluding hydrogens is 246 g/mol. The van der Waals surface area contributed by atoms with Crippen LogP contribution in [0.15, 0.2) is 47.8 Å². The van der Waals surface area contributed by atoms with Crippen molar-refractivity contribution in [1.82, 2.24) is 15.2 Å². The van der Waals surface area contributed by atoms with Crippen LogP contribution in [0, 0.1) is 0 Å². The minimum atomic E-state index is 0.391. The van der Waals surface area contributed by atoms with Crippen LogP contribution in [0.2, 0.25) is 0 Å². The molecule has 0 spiro atoms. The molecule has 0 atom stereocenters. The van der Waals surface area contributed by atoms with Gasteiger partial charge in [-0.15, -0.1) is 11.3 Å². The fourth-order valence-electron chi connectivity index (χ4n) is 1.54. The molecule has 1 aromatic carbocycles. The summed E-state index contributed by atoms with van der Waals surface area (Å²) in [5.41, 5.74) is 0. The fraction of sp³-hybridized carbons (Fsp3) is 0.0769. The third-order valence-electron chi connectivity index (χ3n) is 2.39. The molecule has 2 heterocycles. The summed E-state index contributed by atoms with van der Waals surface area (Å²) in [5, 5.41) is 9.06. The van der Waals surface area contributed by atoms with Gasteiger partial charge in [-0.1, -0.05) is 24.3 Å². The topological polar surface area (TPSA) is 50.8 Å². The second kappa shape index (κ2) is 5.01. The summed E-state index contributed by atoms with van der Waals surface area (Å²) in [6.45, 7) is 0.391. The summed E-state index contributed by atoms with van der Waals surface area (Å²) in [4.78, 5) is 5.44. The van der Waals surface area contributed by atoms with Crippen LogP contribution in [0.25, 0.3) is 10.7 Å². The average Bonchev–Trinajstić information content (AvgIpc) is 3.08. The summed E-state index contributed by atoms with van der Waals surface area (Å²) in [6, 6.07) is 13.6. The van der Waals surface area contributed by atoms with E-state index in [1.54, 1.807) is 11.3 Å². The first-order valence-corrected chi connectivity index (χ1v) is 6.43. The Morgan fingerprint density at radius 3 is 2.78 bits per heavy atom. The van der Waals surface area contributed by atoms with E-state index < -0.39 is 0 Å². The zero-order valence-corrected chi connectivity index (χ0v) is 10.4. The highest BCUT2D eigenvalue weighted by atomic mass is 32.1. The number of hydrogen-bond donors (Lipinski definition) is 1. The van der Waals surface area contributed by atoms with Gasteiger partial charge in [-0.25, -0.2) is 4.98 Å². The van der Waals surface area contributed by atoms with Gasteiger partial charge < -0.3 is 4.74 Å². The first kappa shape index (κ1) is 11.0. The van der Waals surface area contributed by atoms with Gasteiger partial charge in [0.05, 0.1) is 4.88 Å². The molecule has 4 nitrogen and oxygen atoms in total. The minimum Gasteiger partial charge on any atom is -0.486 e. The van der Waals surface area contributed by atoms with E-state index in [0.717, 1.165) is 22.3 Å². The van der Waals surface area contributed by atoms with Gasteiger partial charge in [-0.05, 0) is 23.6 Å². The second-order valence-electron chi connectivity index (χ2n) is 3.68. The fourth-order valence-corrected chi connectivity index (χ4v) is 2.20. The third-order valence-corrected chi connectivity index (χ3v) is 3.26. The molecule has 0 bridgehead atoms. The Morgan fingerprint density at radius 2 is 2.00 bits per heavy atom. The standard InChI is InChI=1S/C13H11N3OS/c1-2-5-10(6-3-1)17-9-12-14-13(16-15-12)11-7-4-8-18-11/h1-8H,9H2,(H,14,15,16). The zero-order valence-electron chi connectivity index (χ0n) is 9.54. The summed E-state index contributed by atoms with van der Waals surface area (Å²) in [5.74, 6) is 2.27. The van der Waals surface area contributed by atoms with E-state index in [0.29, 0.717) is 6.61 Å². The average molecular weight is 257 g/mol. The van der Waals surface area contributed by atoms with Crippen molar-refractivity contribution in [2.75, 3.05) is 0 Å². The number of rotatable bonds is 4. The zero-order chi connectivity index (χ0) is 12.2. The Kier molecular flexibility index (Phi) is 3.06. The number of hydrogen-bond acceptors (Lipinski definition) is 4. The van der Waals surface area contributed by atoms with E-state index >= 15 is 0 Å². The van der Waals surface area contributed by atoms with Crippen LogP contribution < -0.4 is 4.74 Å². The highest BCUT2D eigenvalue weighted by Gasteiger charge is 2.06. The van der Waals surface area contributed by atoms with Gasteiger partial charge in [-0.3, -0.25) is 5.10 Å². The van der Waals surface area contributed by atoms with Crippen molar-refractivity contribution in [3.63, 3.8) is 0 Å². The number of para-hydroxylation sites is 1. The third kappa shape index (κ3) is 2.41. The van der Waals surface area contributed by atoms with Crippen molar-refractivity contribution in [2.24, 2.45) is 0 Å². The van der Waals surface area contributed by atoms with Gasteiger partial charge in [0.1, 0.15) is 12.4 Å². The van der Waals surface area contributed by atoms with E-state index in [9.17, 15) is 0 Å². The molecule has 1 N–H and O–H groups in total. The molecule has 0 aliphatic heterocycles. The highest BCUT2D eigenvalue weighted by molar-refractivity contribution is 7.13. The molecule has 0 fully saturated rings. The Bertz CT molecular complexity index is 604. The van der Waals surface area contributed by atoms with E-state index in [1.807, 2.05) is 47.8 Å². The normalized spacial score (nSPS) is 10.4. The number of H-pyrrole nitrogens is 1. The molecule has 90 valence electrons. The van der Waals surface area contributed by atoms with Crippen LogP contribution in [-0.2, 0) is 6.61 Å². The van der Waals surface area contributed by atoms with Crippen molar-refractivity contribution in [3.05, 3.63) is 53.7 Å². The molecule has 2 aromatic heterocycles. The maximum absolute atomic E-state index is 5.59. The van der Waals surface area contributed by atoms with Gasteiger partial charge in [0, 0.05) is 0 Å². The van der Waals surface area contributed by atoms with Crippen LogP contribution in [0.5, 0.6) is 5.75 Å². The number of nitrogens with zero attached hydrogens (tertiary/aromatic N) is 2. The lowest BCUT2D eigenvalue weighted by Gasteiger charge is -2.02. The van der Waals surface area contributed by atoms with Crippen LogP contribution in [-0.4, -0.2) is 15.2 Å². The Labute approximate surface area is 108 Å². The molecular formula is C13H11N3OS. The van der Waals surface area contributed by atoms with Crippen molar-refractivity contribution < 1.29 is 4.74 Å². The first-order chi connectivity index (χ1) is 8.92. The van der Waals surface area contributed by atoms with E-state index in [4.69, 9.17) is 4.74 Å². The molecule has 0 aliphatic carbocycles. The van der Waals surface area contributed by atoms with Gasteiger partial charge >= 0.3 is 0 Å². The van der Waals surface area contributed by atoms with Crippen molar-refractivity contribution in [3.8, 4) is 16.5 Å². The molecule has 0 aliphatic rings. The lowest BCUT2D eigenvalue weighted by molar-refractivity contribution is 0.296. The molecule has 0 amide bonds. The Balaban J connectivity index is 1.68. The number of thiophene rings is 1. The quantitative estimate of drug-likeness (QED) is 0.781. The van der Waals surface area contributed by atoms with Gasteiger partial charge in [0.25, 0.3) is 0 Å². The Morgan fingerprint density at radius 1 is 1.11 bits per heavy atom. The second-order valence-corrected chi connectivity index (χ2v) is 4.63. The monoisotopic (exact) mass is 257 g/mol. The highest BCUT2D eigenvalue weighted by Crippen LogP contribution is 2.20. The molecule has 5 heteroatoms. The first-order valence-electron chi connectivity index (χ1n) is 5.55. The summed E-state index contributed by atoms with van der Waals surface area (Å²) in [7, 11) is 0. The lowest BCUT2D eigenvalue weighted by atomic mass is 10.3. The van der Waals surface area contributed by atoms with Crippen LogP contribution in [0.1, 0.15) is 5.82 Å². The van der Waals surface area contributed by atoms with E-state index in [2.05, 4.69) is 15.2 Å². The number of nitrogens with one attached hydrogen (secondary N) is 1. The number of ether oxygens (including phenoxy) is 1. The van der Waals surface area contributed by atoms with Crippen LogP contribution in [0.4, 0.5) is 0 Å². The molecule has 0 unspecified atom stereocenters. The lowest BCUT2D eigenvalue weighted by Crippen LogP contribution is -1.97. The summed E-state index contributed by atoms with van der Waals surface area (Å²) in [6.07, 6.45) is 0. The molecule has 18 heavy (non-hydrogen) atoms. The van der Waals surface area contributed by atoms with E-state index in [-0.39, 0.29) is 0 Å². The predicted octanol–water partition coefficient (Wildman–Crippen LogP) is 3.11. The van der Waals surface area contributed by atoms with Crippen molar-refractivity contribution in [2.45, 2.75) is 6.61 Å². The van der Waals surface area contributed by atoms with Gasteiger partial charge in [0.2, 0.25) is 0 Å². The molecule has 0 saturated heterocycles. The molecule has 3 rings (SSSR count). The van der Waals surface area contributed by atoms with Gasteiger partial charge in [-0.2, -0.15) is 5.10 Å². The van der Waals surface area contributed by atoms with Crippen molar-refractivity contribution in [1.29, 1.82) is 0 Å². The molecule has 0 radical (unpaired) electrons. The summed E-state index contributed by atoms with van der Waals surface area (Å²) < 4.78 is 5.59. The SMILES string of the molecule is c1ccc(OCc2nc(-c3cccs3)n[nH]2)cc1. The maximum Gasteiger partial charge on any atom is 0.191 e. The molecule has 3 aromatic rings. The van der Waals surface area contributed by atoms with Gasteiger partial charge in [0.15, 0.2) is 11.6 Å². The Hall–Kier alpha value is -2.14.